The number of aliphatic hydroxyl groups excluding tert-OH is 1. The first-order valence-electron chi connectivity index (χ1n) is 5.67. The van der Waals surface area contributed by atoms with Gasteiger partial charge in [-0.1, -0.05) is 18.2 Å². The van der Waals surface area contributed by atoms with Crippen molar-refractivity contribution in [1.29, 1.82) is 0 Å². The van der Waals surface area contributed by atoms with E-state index in [1.807, 2.05) is 12.1 Å². The normalized spacial score (nSPS) is 23.0. The summed E-state index contributed by atoms with van der Waals surface area (Å²) in [6.45, 7) is 5.21. The molecule has 2 N–H and O–H groups in total. The molecule has 1 aromatic rings. The maximum Gasteiger partial charge on any atom is 0.0945 e. The van der Waals surface area contributed by atoms with Crippen molar-refractivity contribution >= 4 is 0 Å². The molecule has 2 rings (SSSR count). The van der Waals surface area contributed by atoms with Crippen molar-refractivity contribution in [1.82, 2.24) is 5.32 Å². The lowest BCUT2D eigenvalue weighted by molar-refractivity contribution is 0.137. The molecule has 0 amide bonds. The van der Waals surface area contributed by atoms with Crippen LogP contribution in [0.2, 0.25) is 0 Å². The van der Waals surface area contributed by atoms with Crippen LogP contribution in [0.4, 0.5) is 0 Å². The summed E-state index contributed by atoms with van der Waals surface area (Å²) in [5, 5.41) is 13.6. The van der Waals surface area contributed by atoms with Gasteiger partial charge >= 0.3 is 0 Å². The maximum absolute atomic E-state index is 10.3. The van der Waals surface area contributed by atoms with Crippen molar-refractivity contribution in [3.05, 3.63) is 34.9 Å². The molecule has 1 aliphatic rings. The summed E-state index contributed by atoms with van der Waals surface area (Å²) in [4.78, 5) is 0. The number of benzene rings is 1. The Balaban J connectivity index is 2.24. The van der Waals surface area contributed by atoms with Crippen LogP contribution < -0.4 is 5.32 Å². The molecule has 0 saturated carbocycles. The maximum atomic E-state index is 10.3. The lowest BCUT2D eigenvalue weighted by atomic mass is 9.94. The van der Waals surface area contributed by atoms with E-state index < -0.39 is 0 Å². The zero-order valence-corrected chi connectivity index (χ0v) is 9.46. The van der Waals surface area contributed by atoms with E-state index in [2.05, 4.69) is 25.2 Å². The van der Waals surface area contributed by atoms with Crippen molar-refractivity contribution in [2.75, 3.05) is 6.54 Å². The number of hydrogen-bond acceptors (Lipinski definition) is 2. The molecule has 1 aliphatic heterocycles. The van der Waals surface area contributed by atoms with Crippen LogP contribution >= 0.6 is 0 Å². The topological polar surface area (TPSA) is 32.3 Å². The van der Waals surface area contributed by atoms with Gasteiger partial charge in [-0.15, -0.1) is 0 Å². The summed E-state index contributed by atoms with van der Waals surface area (Å²) in [7, 11) is 0. The average Bonchev–Trinajstić information content (AvgIpc) is 2.74. The molecule has 2 heteroatoms. The monoisotopic (exact) mass is 205 g/mol. The largest absolute Gasteiger partial charge is 0.387 e. The summed E-state index contributed by atoms with van der Waals surface area (Å²) in [5.74, 6) is 0. The highest BCUT2D eigenvalue weighted by Gasteiger charge is 2.24. The van der Waals surface area contributed by atoms with Gasteiger partial charge in [0, 0.05) is 6.04 Å². The van der Waals surface area contributed by atoms with E-state index in [0.29, 0.717) is 0 Å². The number of aryl methyl sites for hydroxylation is 1. The zero-order valence-electron chi connectivity index (χ0n) is 9.46. The summed E-state index contributed by atoms with van der Waals surface area (Å²) in [6, 6.07) is 6.39. The molecule has 1 fully saturated rings. The quantitative estimate of drug-likeness (QED) is 0.775. The summed E-state index contributed by atoms with van der Waals surface area (Å²) in [5.41, 5.74) is 3.55. The second kappa shape index (κ2) is 4.33. The minimum atomic E-state index is -0.354. The molecule has 82 valence electrons. The smallest absolute Gasteiger partial charge is 0.0945 e. The average molecular weight is 205 g/mol. The number of hydrogen-bond donors (Lipinski definition) is 2. The second-order valence-corrected chi connectivity index (χ2v) is 4.44. The van der Waals surface area contributed by atoms with Crippen LogP contribution in [0.15, 0.2) is 18.2 Å². The van der Waals surface area contributed by atoms with Gasteiger partial charge in [-0.05, 0) is 49.9 Å². The van der Waals surface area contributed by atoms with Crippen molar-refractivity contribution < 1.29 is 5.11 Å². The molecule has 2 nitrogen and oxygen atoms in total. The third-order valence-electron chi connectivity index (χ3n) is 3.44. The van der Waals surface area contributed by atoms with E-state index in [1.165, 1.54) is 17.5 Å². The Hall–Kier alpha value is -0.860. The van der Waals surface area contributed by atoms with Crippen molar-refractivity contribution in [2.45, 2.75) is 38.8 Å². The minimum absolute atomic E-state index is 0.241. The first-order chi connectivity index (χ1) is 7.20. The van der Waals surface area contributed by atoms with E-state index in [9.17, 15) is 5.11 Å². The van der Waals surface area contributed by atoms with Crippen molar-refractivity contribution in [3.8, 4) is 0 Å². The first kappa shape index (κ1) is 10.7. The zero-order chi connectivity index (χ0) is 10.8. The Kier molecular flexibility index (Phi) is 3.08. The fraction of sp³-hybridized carbons (Fsp3) is 0.538. The molecule has 2 atom stereocenters. The Morgan fingerprint density at radius 1 is 1.40 bits per heavy atom. The number of aliphatic hydroxyl groups is 1. The molecule has 1 heterocycles. The predicted octanol–water partition coefficient (Wildman–Crippen LogP) is 2.09. The van der Waals surface area contributed by atoms with E-state index in [0.717, 1.165) is 18.5 Å². The molecule has 2 unspecified atom stereocenters. The molecular formula is C13H19NO. The van der Waals surface area contributed by atoms with Gasteiger partial charge in [0.05, 0.1) is 6.10 Å². The lowest BCUT2D eigenvalue weighted by Gasteiger charge is -2.21. The standard InChI is InChI=1S/C13H19NO/c1-9-5-3-6-11(10(9)2)13(15)12-7-4-8-14-12/h3,5-6,12-15H,4,7-8H2,1-2H3. The Morgan fingerprint density at radius 3 is 2.87 bits per heavy atom. The molecule has 0 aliphatic carbocycles. The van der Waals surface area contributed by atoms with E-state index in [-0.39, 0.29) is 12.1 Å². The van der Waals surface area contributed by atoms with Gasteiger partial charge in [0.25, 0.3) is 0 Å². The van der Waals surface area contributed by atoms with Crippen LogP contribution in [0, 0.1) is 13.8 Å². The predicted molar refractivity (Wildman–Crippen MR) is 61.9 cm³/mol. The highest BCUT2D eigenvalue weighted by Crippen LogP contribution is 2.26. The highest BCUT2D eigenvalue weighted by molar-refractivity contribution is 5.35. The van der Waals surface area contributed by atoms with Gasteiger partial charge < -0.3 is 10.4 Å². The van der Waals surface area contributed by atoms with Crippen LogP contribution in [0.5, 0.6) is 0 Å². The van der Waals surface area contributed by atoms with Crippen LogP contribution in [0.25, 0.3) is 0 Å². The molecule has 0 spiro atoms. The molecular weight excluding hydrogens is 186 g/mol. The molecule has 0 bridgehead atoms. The van der Waals surface area contributed by atoms with Gasteiger partial charge in [-0.2, -0.15) is 0 Å². The fourth-order valence-corrected chi connectivity index (χ4v) is 2.29. The fourth-order valence-electron chi connectivity index (χ4n) is 2.29. The summed E-state index contributed by atoms with van der Waals surface area (Å²) < 4.78 is 0. The highest BCUT2D eigenvalue weighted by atomic mass is 16.3. The van der Waals surface area contributed by atoms with Crippen LogP contribution in [-0.4, -0.2) is 17.7 Å². The Labute approximate surface area is 91.3 Å². The minimum Gasteiger partial charge on any atom is -0.387 e. The molecule has 0 radical (unpaired) electrons. The molecule has 1 saturated heterocycles. The van der Waals surface area contributed by atoms with Crippen molar-refractivity contribution in [3.63, 3.8) is 0 Å². The van der Waals surface area contributed by atoms with Gasteiger partial charge in [0.2, 0.25) is 0 Å². The SMILES string of the molecule is Cc1cccc(C(O)C2CCCN2)c1C. The molecule has 0 aromatic heterocycles. The third kappa shape index (κ3) is 2.06. The van der Waals surface area contributed by atoms with E-state index in [1.54, 1.807) is 0 Å². The van der Waals surface area contributed by atoms with Gasteiger partial charge in [0.1, 0.15) is 0 Å². The van der Waals surface area contributed by atoms with Crippen LogP contribution in [0.1, 0.15) is 35.6 Å². The molecule has 1 aromatic carbocycles. The lowest BCUT2D eigenvalue weighted by Crippen LogP contribution is -2.29. The summed E-state index contributed by atoms with van der Waals surface area (Å²) in [6.07, 6.45) is 1.90. The van der Waals surface area contributed by atoms with Gasteiger partial charge in [0.15, 0.2) is 0 Å². The third-order valence-corrected chi connectivity index (χ3v) is 3.44. The van der Waals surface area contributed by atoms with Crippen LogP contribution in [-0.2, 0) is 0 Å². The van der Waals surface area contributed by atoms with E-state index in [4.69, 9.17) is 0 Å². The van der Waals surface area contributed by atoms with Gasteiger partial charge in [-0.3, -0.25) is 0 Å². The van der Waals surface area contributed by atoms with Crippen molar-refractivity contribution in [2.24, 2.45) is 0 Å². The summed E-state index contributed by atoms with van der Waals surface area (Å²) >= 11 is 0. The van der Waals surface area contributed by atoms with Gasteiger partial charge in [-0.25, -0.2) is 0 Å². The molecule has 15 heavy (non-hydrogen) atoms. The van der Waals surface area contributed by atoms with E-state index >= 15 is 0 Å². The Bertz CT molecular complexity index is 342. The van der Waals surface area contributed by atoms with Crippen LogP contribution in [0.3, 0.4) is 0 Å². The first-order valence-corrected chi connectivity index (χ1v) is 5.67. The number of nitrogens with one attached hydrogen (secondary N) is 1. The second-order valence-electron chi connectivity index (χ2n) is 4.44. The Morgan fingerprint density at radius 2 is 2.20 bits per heavy atom. The number of rotatable bonds is 2.